The molecule has 112 valence electrons. The van der Waals surface area contributed by atoms with Gasteiger partial charge in [0.2, 0.25) is 5.91 Å². The average molecular weight is 303 g/mol. The van der Waals surface area contributed by atoms with Gasteiger partial charge in [-0.15, -0.1) is 12.4 Å². The number of nitro groups is 1. The molecule has 0 atom stereocenters. The lowest BCUT2D eigenvalue weighted by atomic mass is 10.3. The number of carbonyl (C=O) groups is 1. The molecule has 0 bridgehead atoms. The number of nitro benzene ring substituents is 1. The number of halogens is 1. The molecule has 8 heteroatoms. The molecule has 0 fully saturated rings. The molecule has 0 aliphatic carbocycles. The minimum atomic E-state index is -0.479. The van der Waals surface area contributed by atoms with E-state index in [1.54, 1.807) is 0 Å². The first kappa shape index (κ1) is 18.3. The van der Waals surface area contributed by atoms with Gasteiger partial charge in [0.25, 0.3) is 5.69 Å². The molecule has 0 spiro atoms. The van der Waals surface area contributed by atoms with Gasteiger partial charge in [-0.3, -0.25) is 14.9 Å². The zero-order valence-corrected chi connectivity index (χ0v) is 12.3. The predicted octanol–water partition coefficient (Wildman–Crippen LogP) is 1.80. The molecule has 0 unspecified atom stereocenters. The number of nitrogens with one attached hydrogen (secondary N) is 2. The number of hydrazine groups is 1. The summed E-state index contributed by atoms with van der Waals surface area (Å²) in [6, 6.07) is 5.72. The number of rotatable bonds is 7. The van der Waals surface area contributed by atoms with E-state index < -0.39 is 4.92 Å². The Morgan fingerprint density at radius 1 is 1.25 bits per heavy atom. The third-order valence-electron chi connectivity index (χ3n) is 2.59. The number of benzene rings is 1. The molecule has 0 aromatic heterocycles. The molecular weight excluding hydrogens is 284 g/mol. The van der Waals surface area contributed by atoms with Crippen molar-refractivity contribution in [2.75, 3.05) is 25.0 Å². The summed E-state index contributed by atoms with van der Waals surface area (Å²) in [6.07, 6.45) is 0. The van der Waals surface area contributed by atoms with Gasteiger partial charge < -0.3 is 5.32 Å². The maximum Gasteiger partial charge on any atom is 0.269 e. The van der Waals surface area contributed by atoms with Crippen molar-refractivity contribution in [2.45, 2.75) is 13.8 Å². The molecule has 1 aromatic rings. The van der Waals surface area contributed by atoms with E-state index in [0.717, 1.165) is 13.1 Å². The molecule has 0 saturated heterocycles. The summed E-state index contributed by atoms with van der Waals surface area (Å²) in [4.78, 5) is 21.6. The van der Waals surface area contributed by atoms with E-state index >= 15 is 0 Å². The van der Waals surface area contributed by atoms with Crippen molar-refractivity contribution in [2.24, 2.45) is 0 Å². The summed E-state index contributed by atoms with van der Waals surface area (Å²) in [6.45, 7) is 5.76. The van der Waals surface area contributed by atoms with Crippen molar-refractivity contribution < 1.29 is 9.72 Å². The van der Waals surface area contributed by atoms with Gasteiger partial charge in [-0.2, -0.15) is 0 Å². The second-order valence-electron chi connectivity index (χ2n) is 3.86. The lowest BCUT2D eigenvalue weighted by molar-refractivity contribution is -0.384. The van der Waals surface area contributed by atoms with Crippen LogP contribution in [0.5, 0.6) is 0 Å². The molecule has 0 aliphatic rings. The number of hydrogen-bond acceptors (Lipinski definition) is 5. The third kappa shape index (κ3) is 5.96. The second-order valence-corrected chi connectivity index (χ2v) is 3.86. The van der Waals surface area contributed by atoms with Crippen molar-refractivity contribution in [1.82, 2.24) is 10.4 Å². The monoisotopic (exact) mass is 302 g/mol. The van der Waals surface area contributed by atoms with Gasteiger partial charge in [0.15, 0.2) is 0 Å². The van der Waals surface area contributed by atoms with E-state index in [1.165, 1.54) is 24.3 Å². The zero-order chi connectivity index (χ0) is 14.3. The van der Waals surface area contributed by atoms with Crippen LogP contribution in [0.4, 0.5) is 11.4 Å². The smallest absolute Gasteiger partial charge is 0.269 e. The lowest BCUT2D eigenvalue weighted by Gasteiger charge is -2.18. The quantitative estimate of drug-likeness (QED) is 0.592. The fourth-order valence-electron chi connectivity index (χ4n) is 1.50. The molecule has 0 radical (unpaired) electrons. The molecule has 0 saturated carbocycles. The Morgan fingerprint density at radius 2 is 1.80 bits per heavy atom. The molecule has 0 heterocycles. The van der Waals surface area contributed by atoms with Gasteiger partial charge in [-0.05, 0) is 12.1 Å². The fourth-order valence-corrected chi connectivity index (χ4v) is 1.50. The lowest BCUT2D eigenvalue weighted by Crippen LogP contribution is -2.42. The van der Waals surface area contributed by atoms with Gasteiger partial charge in [0, 0.05) is 30.9 Å². The molecule has 1 amide bonds. The summed E-state index contributed by atoms with van der Waals surface area (Å²) in [5.41, 5.74) is 3.52. The highest BCUT2D eigenvalue weighted by Gasteiger charge is 2.07. The second kappa shape index (κ2) is 9.24. The number of non-ortho nitro benzene ring substituents is 1. The first-order valence-electron chi connectivity index (χ1n) is 6.09. The van der Waals surface area contributed by atoms with Crippen molar-refractivity contribution >= 4 is 29.7 Å². The topological polar surface area (TPSA) is 87.5 Å². The van der Waals surface area contributed by atoms with Gasteiger partial charge in [0.1, 0.15) is 0 Å². The number of hydrogen-bond donors (Lipinski definition) is 2. The third-order valence-corrected chi connectivity index (χ3v) is 2.59. The highest BCUT2D eigenvalue weighted by atomic mass is 35.5. The normalized spacial score (nSPS) is 9.95. The Labute approximate surface area is 123 Å². The number of nitrogens with zero attached hydrogens (tertiary/aromatic N) is 2. The molecule has 20 heavy (non-hydrogen) atoms. The Bertz CT molecular complexity index is 435. The highest BCUT2D eigenvalue weighted by Crippen LogP contribution is 2.14. The van der Waals surface area contributed by atoms with E-state index in [0.29, 0.717) is 5.69 Å². The van der Waals surface area contributed by atoms with Crippen molar-refractivity contribution in [3.8, 4) is 0 Å². The van der Waals surface area contributed by atoms with Gasteiger partial charge in [0.05, 0.1) is 11.5 Å². The first-order valence-corrected chi connectivity index (χ1v) is 6.09. The van der Waals surface area contributed by atoms with E-state index in [9.17, 15) is 14.9 Å². The predicted molar refractivity (Wildman–Crippen MR) is 79.9 cm³/mol. The summed E-state index contributed by atoms with van der Waals surface area (Å²) < 4.78 is 0. The van der Waals surface area contributed by atoms with Crippen molar-refractivity contribution in [1.29, 1.82) is 0 Å². The number of amides is 1. The maximum absolute atomic E-state index is 11.6. The van der Waals surface area contributed by atoms with Crippen LogP contribution in [0.15, 0.2) is 24.3 Å². The van der Waals surface area contributed by atoms with Crippen LogP contribution < -0.4 is 10.7 Å². The van der Waals surface area contributed by atoms with E-state index in [4.69, 9.17) is 0 Å². The van der Waals surface area contributed by atoms with E-state index in [-0.39, 0.29) is 30.5 Å². The molecule has 1 rings (SSSR count). The molecular formula is C12H19ClN4O3. The van der Waals surface area contributed by atoms with Gasteiger partial charge >= 0.3 is 0 Å². The van der Waals surface area contributed by atoms with Crippen LogP contribution in [0, 0.1) is 10.1 Å². The minimum Gasteiger partial charge on any atom is -0.325 e. The SMILES string of the molecule is CCN(CC)NCC(=O)Nc1ccc([N+](=O)[O-])cc1.Cl. The van der Waals surface area contributed by atoms with Crippen LogP contribution in [0.2, 0.25) is 0 Å². The largest absolute Gasteiger partial charge is 0.325 e. The van der Waals surface area contributed by atoms with Gasteiger partial charge in [-0.25, -0.2) is 10.4 Å². The minimum absolute atomic E-state index is 0. The van der Waals surface area contributed by atoms with Gasteiger partial charge in [-0.1, -0.05) is 13.8 Å². The van der Waals surface area contributed by atoms with Crippen LogP contribution in [-0.4, -0.2) is 35.5 Å². The fraction of sp³-hybridized carbons (Fsp3) is 0.417. The maximum atomic E-state index is 11.6. The number of anilines is 1. The summed E-state index contributed by atoms with van der Waals surface area (Å²) >= 11 is 0. The standard InChI is InChI=1S/C12H18N4O3.ClH/c1-3-15(4-2)13-9-12(17)14-10-5-7-11(8-6-10)16(18)19;/h5-8,13H,3-4,9H2,1-2H3,(H,14,17);1H. The van der Waals surface area contributed by atoms with E-state index in [2.05, 4.69) is 10.7 Å². The molecule has 1 aromatic carbocycles. The summed E-state index contributed by atoms with van der Waals surface area (Å²) in [5.74, 6) is -0.194. The van der Waals surface area contributed by atoms with Crippen LogP contribution in [0.1, 0.15) is 13.8 Å². The summed E-state index contributed by atoms with van der Waals surface area (Å²) in [7, 11) is 0. The Kier molecular flexibility index (Phi) is 8.46. The molecule has 0 aliphatic heterocycles. The highest BCUT2D eigenvalue weighted by molar-refractivity contribution is 5.92. The first-order chi connectivity index (χ1) is 9.06. The van der Waals surface area contributed by atoms with Crippen LogP contribution >= 0.6 is 12.4 Å². The molecule has 2 N–H and O–H groups in total. The van der Waals surface area contributed by atoms with E-state index in [1.807, 2.05) is 18.9 Å². The van der Waals surface area contributed by atoms with Crippen molar-refractivity contribution in [3.05, 3.63) is 34.4 Å². The van der Waals surface area contributed by atoms with Crippen LogP contribution in [-0.2, 0) is 4.79 Å². The van der Waals surface area contributed by atoms with Crippen LogP contribution in [0.25, 0.3) is 0 Å². The number of carbonyl (C=O) groups excluding carboxylic acids is 1. The Balaban J connectivity index is 0.00000361. The zero-order valence-electron chi connectivity index (χ0n) is 11.5. The Hall–Kier alpha value is -1.70. The van der Waals surface area contributed by atoms with Crippen LogP contribution in [0.3, 0.4) is 0 Å². The Morgan fingerprint density at radius 3 is 2.25 bits per heavy atom. The average Bonchev–Trinajstić information content (AvgIpc) is 2.40. The molecule has 7 nitrogen and oxygen atoms in total. The summed E-state index contributed by atoms with van der Waals surface area (Å²) in [5, 5.41) is 15.1. The van der Waals surface area contributed by atoms with Crippen molar-refractivity contribution in [3.63, 3.8) is 0 Å².